The number of nitrogens with zero attached hydrogens (tertiary/aromatic N) is 2. The first kappa shape index (κ1) is 22.3. The van der Waals surface area contributed by atoms with Crippen LogP contribution in [-0.4, -0.2) is 63.0 Å². The van der Waals surface area contributed by atoms with Crippen LogP contribution >= 0.6 is 0 Å². The molecular weight excluding hydrogens is 354 g/mol. The van der Waals surface area contributed by atoms with Gasteiger partial charge in [0.05, 0.1) is 19.3 Å². The van der Waals surface area contributed by atoms with E-state index >= 15 is 0 Å². The molecule has 1 saturated heterocycles. The summed E-state index contributed by atoms with van der Waals surface area (Å²) in [6.45, 7) is 13.8. The predicted octanol–water partition coefficient (Wildman–Crippen LogP) is 3.49. The lowest BCUT2D eigenvalue weighted by Crippen LogP contribution is -2.47. The summed E-state index contributed by atoms with van der Waals surface area (Å²) < 4.78 is 17.1. The smallest absolute Gasteiger partial charge is 0.193 e. The van der Waals surface area contributed by atoms with Gasteiger partial charge in [0, 0.05) is 32.8 Å². The molecule has 0 spiro atoms. The maximum absolute atomic E-state index is 5.76. The van der Waals surface area contributed by atoms with Gasteiger partial charge in [-0.1, -0.05) is 6.07 Å². The van der Waals surface area contributed by atoms with Crippen LogP contribution in [0.3, 0.4) is 0 Å². The molecule has 0 aromatic heterocycles. The number of aliphatic imine (C=N–C) groups is 1. The van der Waals surface area contributed by atoms with Crippen molar-refractivity contribution in [3.8, 4) is 11.5 Å². The van der Waals surface area contributed by atoms with E-state index in [9.17, 15) is 0 Å². The van der Waals surface area contributed by atoms with E-state index in [0.717, 1.165) is 69.5 Å². The van der Waals surface area contributed by atoms with E-state index in [1.807, 2.05) is 19.9 Å². The van der Waals surface area contributed by atoms with Gasteiger partial charge >= 0.3 is 0 Å². The SMILES string of the molecule is CCNC(=NCCc1ccc(OCC)c(OCC)c1)N1CCC(OCC)CC1. The summed E-state index contributed by atoms with van der Waals surface area (Å²) in [7, 11) is 0. The van der Waals surface area contributed by atoms with E-state index in [1.165, 1.54) is 5.56 Å². The van der Waals surface area contributed by atoms with E-state index < -0.39 is 0 Å². The zero-order valence-electron chi connectivity index (χ0n) is 18.0. The number of guanidine groups is 1. The van der Waals surface area contributed by atoms with Gasteiger partial charge in [-0.15, -0.1) is 0 Å². The van der Waals surface area contributed by atoms with Gasteiger partial charge < -0.3 is 24.4 Å². The Morgan fingerprint density at radius 1 is 1.04 bits per heavy atom. The minimum Gasteiger partial charge on any atom is -0.490 e. The molecule has 1 aromatic carbocycles. The lowest BCUT2D eigenvalue weighted by atomic mass is 10.1. The molecular formula is C22H37N3O3. The summed E-state index contributed by atoms with van der Waals surface area (Å²) in [6.07, 6.45) is 3.39. The Balaban J connectivity index is 1.95. The van der Waals surface area contributed by atoms with Crippen molar-refractivity contribution in [3.63, 3.8) is 0 Å². The third-order valence-electron chi connectivity index (χ3n) is 4.75. The lowest BCUT2D eigenvalue weighted by molar-refractivity contribution is 0.0264. The normalized spacial score (nSPS) is 15.6. The maximum atomic E-state index is 5.76. The van der Waals surface area contributed by atoms with Crippen LogP contribution in [0.5, 0.6) is 11.5 Å². The number of ether oxygens (including phenoxy) is 3. The Morgan fingerprint density at radius 2 is 1.75 bits per heavy atom. The van der Waals surface area contributed by atoms with Crippen LogP contribution in [0.15, 0.2) is 23.2 Å². The molecule has 1 aliphatic heterocycles. The Kier molecular flexibility index (Phi) is 9.97. The van der Waals surface area contributed by atoms with Crippen LogP contribution in [0, 0.1) is 0 Å². The number of nitrogens with one attached hydrogen (secondary N) is 1. The molecule has 1 aromatic rings. The second-order valence-corrected chi connectivity index (χ2v) is 6.77. The summed E-state index contributed by atoms with van der Waals surface area (Å²) >= 11 is 0. The topological polar surface area (TPSA) is 55.3 Å². The molecule has 0 atom stereocenters. The molecule has 6 nitrogen and oxygen atoms in total. The van der Waals surface area contributed by atoms with Crippen molar-refractivity contribution in [2.75, 3.05) is 46.0 Å². The summed E-state index contributed by atoms with van der Waals surface area (Å²) in [5, 5.41) is 3.43. The molecule has 1 N–H and O–H groups in total. The molecule has 0 amide bonds. The van der Waals surface area contributed by atoms with Gasteiger partial charge in [-0.05, 0) is 64.7 Å². The van der Waals surface area contributed by atoms with Crippen molar-refractivity contribution < 1.29 is 14.2 Å². The van der Waals surface area contributed by atoms with Crippen molar-refractivity contribution in [1.82, 2.24) is 10.2 Å². The van der Waals surface area contributed by atoms with Gasteiger partial charge in [-0.3, -0.25) is 4.99 Å². The van der Waals surface area contributed by atoms with Crippen molar-refractivity contribution in [3.05, 3.63) is 23.8 Å². The van der Waals surface area contributed by atoms with Crippen LogP contribution < -0.4 is 14.8 Å². The first-order valence-electron chi connectivity index (χ1n) is 10.7. The molecule has 1 aliphatic rings. The molecule has 0 unspecified atom stereocenters. The minimum absolute atomic E-state index is 0.393. The Morgan fingerprint density at radius 3 is 2.39 bits per heavy atom. The number of benzene rings is 1. The summed E-state index contributed by atoms with van der Waals surface area (Å²) in [4.78, 5) is 7.21. The summed E-state index contributed by atoms with van der Waals surface area (Å²) in [6, 6.07) is 6.17. The highest BCUT2D eigenvalue weighted by atomic mass is 16.5. The molecule has 0 radical (unpaired) electrons. The largest absolute Gasteiger partial charge is 0.490 e. The van der Waals surface area contributed by atoms with Crippen molar-refractivity contribution in [1.29, 1.82) is 0 Å². The Bertz CT molecular complexity index is 599. The van der Waals surface area contributed by atoms with Crippen LogP contribution in [0.25, 0.3) is 0 Å². The molecule has 6 heteroatoms. The zero-order valence-corrected chi connectivity index (χ0v) is 18.0. The van der Waals surface area contributed by atoms with E-state index in [0.29, 0.717) is 19.3 Å². The predicted molar refractivity (Wildman–Crippen MR) is 115 cm³/mol. The van der Waals surface area contributed by atoms with Gasteiger partial charge in [-0.25, -0.2) is 0 Å². The van der Waals surface area contributed by atoms with E-state index in [1.54, 1.807) is 0 Å². The fourth-order valence-electron chi connectivity index (χ4n) is 3.44. The number of likely N-dealkylation sites (tertiary alicyclic amines) is 1. The molecule has 0 bridgehead atoms. The first-order valence-corrected chi connectivity index (χ1v) is 10.7. The number of hydrogen-bond acceptors (Lipinski definition) is 4. The van der Waals surface area contributed by atoms with Crippen LogP contribution in [0.1, 0.15) is 46.1 Å². The summed E-state index contributed by atoms with van der Waals surface area (Å²) in [5.74, 6) is 2.63. The number of piperidine rings is 1. The monoisotopic (exact) mass is 391 g/mol. The standard InChI is InChI=1S/C22H37N3O3/c1-5-23-22(25-15-12-19(13-16-25)26-6-2)24-14-11-18-9-10-20(27-7-3)21(17-18)28-8-4/h9-10,17,19H,5-8,11-16H2,1-4H3,(H,23,24). The van der Waals surface area contributed by atoms with Gasteiger partial charge in [0.1, 0.15) is 0 Å². The Hall–Kier alpha value is -1.95. The second-order valence-electron chi connectivity index (χ2n) is 6.77. The minimum atomic E-state index is 0.393. The first-order chi connectivity index (χ1) is 13.7. The average Bonchev–Trinajstić information content (AvgIpc) is 2.70. The second kappa shape index (κ2) is 12.5. The van der Waals surface area contributed by atoms with Crippen LogP contribution in [-0.2, 0) is 11.2 Å². The van der Waals surface area contributed by atoms with Crippen molar-refractivity contribution in [2.24, 2.45) is 4.99 Å². The van der Waals surface area contributed by atoms with E-state index in [2.05, 4.69) is 36.2 Å². The van der Waals surface area contributed by atoms with Gasteiger partial charge in [0.25, 0.3) is 0 Å². The van der Waals surface area contributed by atoms with Crippen LogP contribution in [0.4, 0.5) is 0 Å². The van der Waals surface area contributed by atoms with Gasteiger partial charge in [0.15, 0.2) is 17.5 Å². The molecule has 158 valence electrons. The molecule has 1 heterocycles. The summed E-state index contributed by atoms with van der Waals surface area (Å²) in [5.41, 5.74) is 1.21. The molecule has 1 fully saturated rings. The molecule has 28 heavy (non-hydrogen) atoms. The van der Waals surface area contributed by atoms with Crippen molar-refractivity contribution in [2.45, 2.75) is 53.1 Å². The van der Waals surface area contributed by atoms with Gasteiger partial charge in [0.2, 0.25) is 0 Å². The molecule has 0 aliphatic carbocycles. The highest BCUT2D eigenvalue weighted by Crippen LogP contribution is 2.28. The zero-order chi connectivity index (χ0) is 20.2. The van der Waals surface area contributed by atoms with Gasteiger partial charge in [-0.2, -0.15) is 0 Å². The number of hydrogen-bond donors (Lipinski definition) is 1. The highest BCUT2D eigenvalue weighted by Gasteiger charge is 2.21. The van der Waals surface area contributed by atoms with E-state index in [4.69, 9.17) is 19.2 Å². The third kappa shape index (κ3) is 6.89. The highest BCUT2D eigenvalue weighted by molar-refractivity contribution is 5.80. The van der Waals surface area contributed by atoms with Crippen LogP contribution in [0.2, 0.25) is 0 Å². The molecule has 0 saturated carbocycles. The Labute approximate surface area is 170 Å². The van der Waals surface area contributed by atoms with E-state index in [-0.39, 0.29) is 0 Å². The fourth-order valence-corrected chi connectivity index (χ4v) is 3.44. The quantitative estimate of drug-likeness (QED) is 0.489. The van der Waals surface area contributed by atoms with Crippen molar-refractivity contribution >= 4 is 5.96 Å². The fraction of sp³-hybridized carbons (Fsp3) is 0.682. The lowest BCUT2D eigenvalue weighted by Gasteiger charge is -2.34. The third-order valence-corrected chi connectivity index (χ3v) is 4.75. The maximum Gasteiger partial charge on any atom is 0.193 e. The molecule has 2 rings (SSSR count). The average molecular weight is 392 g/mol. The number of rotatable bonds is 10.